The zero-order chi connectivity index (χ0) is 18.9. The van der Waals surface area contributed by atoms with E-state index >= 15 is 0 Å². The Morgan fingerprint density at radius 2 is 1.71 bits per heavy atom. The zero-order valence-corrected chi connectivity index (χ0v) is 15.8. The highest BCUT2D eigenvalue weighted by Gasteiger charge is 2.20. The van der Waals surface area contributed by atoms with Gasteiger partial charge in [-0.15, -0.1) is 5.10 Å². The Kier molecular flexibility index (Phi) is 4.37. The molecule has 7 heteroatoms. The van der Waals surface area contributed by atoms with Crippen LogP contribution in [0.3, 0.4) is 0 Å². The maximum absolute atomic E-state index is 4.67. The zero-order valence-electron chi connectivity index (χ0n) is 15.8. The van der Waals surface area contributed by atoms with Crippen molar-refractivity contribution < 1.29 is 0 Å². The highest BCUT2D eigenvalue weighted by atomic mass is 15.3. The summed E-state index contributed by atoms with van der Waals surface area (Å²) in [4.78, 5) is 13.3. The number of rotatable bonds is 4. The minimum Gasteiger partial charge on any atom is -0.350 e. The quantitative estimate of drug-likeness (QED) is 0.571. The lowest BCUT2D eigenvalue weighted by Gasteiger charge is -2.28. The topological polar surface area (TPSA) is 80.0 Å². The van der Waals surface area contributed by atoms with Gasteiger partial charge in [-0.05, 0) is 56.5 Å². The molecule has 2 N–H and O–H groups in total. The second kappa shape index (κ2) is 7.16. The minimum absolute atomic E-state index is 0.441. The van der Waals surface area contributed by atoms with Gasteiger partial charge in [0, 0.05) is 36.2 Å². The average molecular weight is 373 g/mol. The van der Waals surface area contributed by atoms with Crippen molar-refractivity contribution in [1.29, 1.82) is 0 Å². The van der Waals surface area contributed by atoms with Gasteiger partial charge in [0.05, 0.1) is 22.7 Å². The van der Waals surface area contributed by atoms with Crippen LogP contribution in [-0.2, 0) is 0 Å². The van der Waals surface area contributed by atoms with E-state index < -0.39 is 0 Å². The fourth-order valence-electron chi connectivity index (χ4n) is 4.05. The number of nitrogens with one attached hydrogen (secondary N) is 2. The van der Waals surface area contributed by atoms with Crippen LogP contribution in [0.15, 0.2) is 49.1 Å². The number of aromatic nitrogens is 5. The van der Waals surface area contributed by atoms with E-state index in [1.54, 1.807) is 12.4 Å². The number of nitrogens with zero attached hydrogens (tertiary/aromatic N) is 5. The molecule has 3 heterocycles. The summed E-state index contributed by atoms with van der Waals surface area (Å²) in [5.41, 5.74) is 4.94. The van der Waals surface area contributed by atoms with Crippen LogP contribution in [0.25, 0.3) is 27.7 Å². The first kappa shape index (κ1) is 17.1. The van der Waals surface area contributed by atoms with Crippen LogP contribution in [0.5, 0.6) is 0 Å². The van der Waals surface area contributed by atoms with Crippen molar-refractivity contribution in [1.82, 2.24) is 29.9 Å². The molecular formula is C21H23N7. The summed E-state index contributed by atoms with van der Waals surface area (Å²) in [6, 6.07) is 9.28. The van der Waals surface area contributed by atoms with E-state index in [9.17, 15) is 0 Å². The number of anilines is 1. The number of hydrogen-bond acceptors (Lipinski definition) is 6. The fraction of sp³-hybridized carbons (Fsp3) is 0.333. The predicted octanol–water partition coefficient (Wildman–Crippen LogP) is 3.28. The van der Waals surface area contributed by atoms with Gasteiger partial charge >= 0.3 is 0 Å². The van der Waals surface area contributed by atoms with Crippen molar-refractivity contribution in [2.75, 3.05) is 12.4 Å². The van der Waals surface area contributed by atoms with Gasteiger partial charge in [0.2, 0.25) is 5.95 Å². The van der Waals surface area contributed by atoms with Gasteiger partial charge in [-0.2, -0.15) is 0 Å². The lowest BCUT2D eigenvalue weighted by Crippen LogP contribution is -2.35. The number of benzene rings is 1. The summed E-state index contributed by atoms with van der Waals surface area (Å²) in [6.45, 7) is 0. The molecule has 0 amide bonds. The van der Waals surface area contributed by atoms with Crippen LogP contribution in [0.4, 0.5) is 5.95 Å². The summed E-state index contributed by atoms with van der Waals surface area (Å²) >= 11 is 0. The SMILES string of the molecule is CNC1CCC(Nc2ncc3c(-c4ccc5nccnc5c4)ccn3n2)CC1. The van der Waals surface area contributed by atoms with Crippen LogP contribution in [0.1, 0.15) is 25.7 Å². The molecule has 1 saturated carbocycles. The molecule has 7 nitrogen and oxygen atoms in total. The molecule has 4 aromatic rings. The fourth-order valence-corrected chi connectivity index (χ4v) is 4.05. The maximum atomic E-state index is 4.67. The van der Waals surface area contributed by atoms with Crippen molar-refractivity contribution >= 4 is 22.5 Å². The molecule has 0 spiro atoms. The number of fused-ring (bicyclic) bond motifs is 2. The summed E-state index contributed by atoms with van der Waals surface area (Å²) in [7, 11) is 2.04. The molecule has 1 aromatic carbocycles. The summed E-state index contributed by atoms with van der Waals surface area (Å²) in [6.07, 6.45) is 12.0. The largest absolute Gasteiger partial charge is 0.350 e. The third-order valence-corrected chi connectivity index (χ3v) is 5.67. The minimum atomic E-state index is 0.441. The molecule has 1 fully saturated rings. The number of hydrogen-bond donors (Lipinski definition) is 2. The highest BCUT2D eigenvalue weighted by Crippen LogP contribution is 2.27. The van der Waals surface area contributed by atoms with Crippen LogP contribution in [-0.4, -0.2) is 43.7 Å². The second-order valence-corrected chi connectivity index (χ2v) is 7.38. The second-order valence-electron chi connectivity index (χ2n) is 7.38. The molecule has 0 radical (unpaired) electrons. The van der Waals surface area contributed by atoms with Crippen molar-refractivity contribution in [3.63, 3.8) is 0 Å². The van der Waals surface area contributed by atoms with Crippen molar-refractivity contribution in [2.45, 2.75) is 37.8 Å². The van der Waals surface area contributed by atoms with E-state index in [2.05, 4.69) is 48.9 Å². The van der Waals surface area contributed by atoms with Crippen LogP contribution >= 0.6 is 0 Å². The molecule has 142 valence electrons. The molecule has 5 rings (SSSR count). The molecular weight excluding hydrogens is 350 g/mol. The first-order valence-electron chi connectivity index (χ1n) is 9.79. The van der Waals surface area contributed by atoms with Crippen molar-refractivity contribution in [2.24, 2.45) is 0 Å². The van der Waals surface area contributed by atoms with Gasteiger partial charge in [-0.25, -0.2) is 9.50 Å². The molecule has 0 unspecified atom stereocenters. The van der Waals surface area contributed by atoms with Gasteiger partial charge < -0.3 is 10.6 Å². The Bertz CT molecular complexity index is 1110. The standard InChI is InChI=1S/C21H23N7/c1-22-15-3-5-16(6-4-15)26-21-25-13-20-17(8-11-28(20)27-21)14-2-7-18-19(12-14)24-10-9-23-18/h2,7-13,15-16,22H,3-6H2,1H3,(H,26,27). The average Bonchev–Trinajstić information content (AvgIpc) is 3.17. The third kappa shape index (κ3) is 3.18. The van der Waals surface area contributed by atoms with E-state index in [1.165, 1.54) is 12.8 Å². The Balaban J connectivity index is 1.40. The summed E-state index contributed by atoms with van der Waals surface area (Å²) < 4.78 is 1.89. The van der Waals surface area contributed by atoms with Gasteiger partial charge in [-0.1, -0.05) is 6.07 Å². The lowest BCUT2D eigenvalue weighted by molar-refractivity contribution is 0.370. The van der Waals surface area contributed by atoms with E-state index in [1.807, 2.05) is 30.0 Å². The smallest absolute Gasteiger partial charge is 0.241 e. The van der Waals surface area contributed by atoms with E-state index in [4.69, 9.17) is 0 Å². The molecule has 28 heavy (non-hydrogen) atoms. The Hall–Kier alpha value is -3.06. The van der Waals surface area contributed by atoms with Crippen molar-refractivity contribution in [3.8, 4) is 11.1 Å². The Morgan fingerprint density at radius 3 is 2.54 bits per heavy atom. The Labute approximate surface area is 163 Å². The van der Waals surface area contributed by atoms with Gasteiger partial charge in [0.15, 0.2) is 0 Å². The highest BCUT2D eigenvalue weighted by molar-refractivity contribution is 5.86. The van der Waals surface area contributed by atoms with Gasteiger partial charge in [0.1, 0.15) is 0 Å². The molecule has 1 aliphatic carbocycles. The van der Waals surface area contributed by atoms with Gasteiger partial charge in [0.25, 0.3) is 0 Å². The van der Waals surface area contributed by atoms with Gasteiger partial charge in [-0.3, -0.25) is 9.97 Å². The summed E-state index contributed by atoms with van der Waals surface area (Å²) in [5, 5.41) is 11.5. The van der Waals surface area contributed by atoms with Crippen LogP contribution in [0, 0.1) is 0 Å². The molecule has 0 atom stereocenters. The monoisotopic (exact) mass is 373 g/mol. The van der Waals surface area contributed by atoms with Crippen LogP contribution in [0.2, 0.25) is 0 Å². The molecule has 0 aliphatic heterocycles. The first-order valence-corrected chi connectivity index (χ1v) is 9.79. The van der Waals surface area contributed by atoms with E-state index in [0.29, 0.717) is 18.0 Å². The van der Waals surface area contributed by atoms with E-state index in [-0.39, 0.29) is 0 Å². The third-order valence-electron chi connectivity index (χ3n) is 5.67. The lowest BCUT2D eigenvalue weighted by atomic mass is 9.91. The molecule has 3 aromatic heterocycles. The van der Waals surface area contributed by atoms with E-state index in [0.717, 1.165) is 40.5 Å². The first-order chi connectivity index (χ1) is 13.8. The summed E-state index contributed by atoms with van der Waals surface area (Å²) in [5.74, 6) is 0.687. The van der Waals surface area contributed by atoms with Crippen LogP contribution < -0.4 is 10.6 Å². The molecule has 0 bridgehead atoms. The molecule has 1 aliphatic rings. The Morgan fingerprint density at radius 1 is 0.929 bits per heavy atom. The maximum Gasteiger partial charge on any atom is 0.241 e. The van der Waals surface area contributed by atoms with Crippen molar-refractivity contribution in [3.05, 3.63) is 49.1 Å². The predicted molar refractivity (Wildman–Crippen MR) is 110 cm³/mol. The molecule has 0 saturated heterocycles. The normalized spacial score (nSPS) is 19.9.